The van der Waals surface area contributed by atoms with E-state index >= 15 is 0 Å². The normalized spacial score (nSPS) is 13.8. The van der Waals surface area contributed by atoms with Crippen molar-refractivity contribution in [3.63, 3.8) is 0 Å². The maximum Gasteiger partial charge on any atom is 0.418 e. The summed E-state index contributed by atoms with van der Waals surface area (Å²) in [6.45, 7) is 1.77. The summed E-state index contributed by atoms with van der Waals surface area (Å²) >= 11 is 0. The minimum Gasteiger partial charge on any atom is -0.392 e. The topological polar surface area (TPSA) is 45.1 Å². The highest BCUT2D eigenvalue weighted by Gasteiger charge is 2.33. The van der Waals surface area contributed by atoms with Gasteiger partial charge < -0.3 is 10.4 Å². The van der Waals surface area contributed by atoms with E-state index in [2.05, 4.69) is 10.3 Å². The molecule has 0 spiro atoms. The quantitative estimate of drug-likeness (QED) is 0.831. The van der Waals surface area contributed by atoms with E-state index in [1.807, 2.05) is 0 Å². The van der Waals surface area contributed by atoms with Crippen LogP contribution in [0.2, 0.25) is 0 Å². The predicted octanol–water partition coefficient (Wildman–Crippen LogP) is 1.57. The van der Waals surface area contributed by atoms with Gasteiger partial charge in [-0.25, -0.2) is 0 Å². The van der Waals surface area contributed by atoms with Crippen LogP contribution in [0.5, 0.6) is 0 Å². The number of pyridine rings is 1. The molecule has 0 bridgehead atoms. The van der Waals surface area contributed by atoms with E-state index in [1.54, 1.807) is 6.92 Å². The van der Waals surface area contributed by atoms with E-state index in [1.165, 1.54) is 12.3 Å². The van der Waals surface area contributed by atoms with Gasteiger partial charge in [-0.1, -0.05) is 0 Å². The van der Waals surface area contributed by atoms with Gasteiger partial charge >= 0.3 is 6.18 Å². The first kappa shape index (κ1) is 12.9. The lowest BCUT2D eigenvalue weighted by atomic mass is 10.2. The summed E-state index contributed by atoms with van der Waals surface area (Å²) in [6, 6.07) is 2.24. The SMILES string of the molecule is C[C@@H](O)CNCc1ncccc1C(F)(F)F. The number of nitrogens with zero attached hydrogens (tertiary/aromatic N) is 1. The summed E-state index contributed by atoms with van der Waals surface area (Å²) in [6.07, 6.45) is -3.68. The van der Waals surface area contributed by atoms with Crippen LogP contribution in [0.15, 0.2) is 18.3 Å². The Morgan fingerprint density at radius 3 is 2.75 bits per heavy atom. The first-order valence-corrected chi connectivity index (χ1v) is 4.81. The number of rotatable bonds is 4. The Morgan fingerprint density at radius 2 is 2.19 bits per heavy atom. The molecule has 0 unspecified atom stereocenters. The molecule has 1 rings (SSSR count). The number of aliphatic hydroxyl groups excluding tert-OH is 1. The molecule has 0 saturated heterocycles. The number of hydrogen-bond acceptors (Lipinski definition) is 3. The van der Waals surface area contributed by atoms with Crippen LogP contribution in [-0.2, 0) is 12.7 Å². The van der Waals surface area contributed by atoms with Crippen molar-refractivity contribution in [1.29, 1.82) is 0 Å². The Morgan fingerprint density at radius 1 is 1.50 bits per heavy atom. The molecule has 0 radical (unpaired) electrons. The van der Waals surface area contributed by atoms with Gasteiger partial charge in [-0.2, -0.15) is 13.2 Å². The Labute approximate surface area is 91.3 Å². The molecule has 0 aliphatic rings. The molecule has 2 N–H and O–H groups in total. The van der Waals surface area contributed by atoms with E-state index in [9.17, 15) is 13.2 Å². The van der Waals surface area contributed by atoms with Crippen LogP contribution >= 0.6 is 0 Å². The van der Waals surface area contributed by atoms with Crippen LogP contribution in [0.25, 0.3) is 0 Å². The lowest BCUT2D eigenvalue weighted by molar-refractivity contribution is -0.138. The average molecular weight is 234 g/mol. The van der Waals surface area contributed by atoms with Crippen LogP contribution in [-0.4, -0.2) is 22.7 Å². The van der Waals surface area contributed by atoms with E-state index < -0.39 is 17.8 Å². The van der Waals surface area contributed by atoms with Crippen molar-refractivity contribution in [3.8, 4) is 0 Å². The van der Waals surface area contributed by atoms with Gasteiger partial charge in [0.25, 0.3) is 0 Å². The molecule has 16 heavy (non-hydrogen) atoms. The Hall–Kier alpha value is -1.14. The second-order valence-corrected chi connectivity index (χ2v) is 3.48. The zero-order valence-corrected chi connectivity index (χ0v) is 8.75. The molecule has 1 aromatic heterocycles. The minimum absolute atomic E-state index is 0.0133. The lowest BCUT2D eigenvalue weighted by Crippen LogP contribution is -2.25. The van der Waals surface area contributed by atoms with Crippen molar-refractivity contribution >= 4 is 0 Å². The van der Waals surface area contributed by atoms with E-state index in [0.717, 1.165) is 6.07 Å². The molecule has 1 aromatic rings. The number of nitrogens with one attached hydrogen (secondary N) is 1. The predicted molar refractivity (Wildman–Crippen MR) is 52.6 cm³/mol. The summed E-state index contributed by atoms with van der Waals surface area (Å²) < 4.78 is 37.6. The molecule has 90 valence electrons. The molecule has 1 atom stereocenters. The van der Waals surface area contributed by atoms with Crippen LogP contribution in [0.4, 0.5) is 13.2 Å². The fourth-order valence-electron chi connectivity index (χ4n) is 1.24. The van der Waals surface area contributed by atoms with Gasteiger partial charge in [-0.15, -0.1) is 0 Å². The van der Waals surface area contributed by atoms with Crippen molar-refractivity contribution in [1.82, 2.24) is 10.3 Å². The molecular weight excluding hydrogens is 221 g/mol. The van der Waals surface area contributed by atoms with Crippen molar-refractivity contribution < 1.29 is 18.3 Å². The van der Waals surface area contributed by atoms with Crippen molar-refractivity contribution in [2.75, 3.05) is 6.54 Å². The monoisotopic (exact) mass is 234 g/mol. The standard InChI is InChI=1S/C10H13F3N2O/c1-7(16)5-14-6-9-8(10(11,12)13)3-2-4-15-9/h2-4,7,14,16H,5-6H2,1H3/t7-/m1/s1. The second-order valence-electron chi connectivity index (χ2n) is 3.48. The van der Waals surface area contributed by atoms with Gasteiger partial charge in [0.1, 0.15) is 0 Å². The van der Waals surface area contributed by atoms with Gasteiger partial charge in [-0.3, -0.25) is 4.98 Å². The summed E-state index contributed by atoms with van der Waals surface area (Å²) in [4.78, 5) is 3.68. The zero-order chi connectivity index (χ0) is 12.2. The molecule has 0 aromatic carbocycles. The number of alkyl halides is 3. The van der Waals surface area contributed by atoms with Gasteiger partial charge in [0, 0.05) is 19.3 Å². The zero-order valence-electron chi connectivity index (χ0n) is 8.75. The smallest absolute Gasteiger partial charge is 0.392 e. The third-order valence-corrected chi connectivity index (χ3v) is 1.93. The fraction of sp³-hybridized carbons (Fsp3) is 0.500. The van der Waals surface area contributed by atoms with E-state index in [4.69, 9.17) is 5.11 Å². The van der Waals surface area contributed by atoms with Crippen LogP contribution in [0, 0.1) is 0 Å². The van der Waals surface area contributed by atoms with Crippen LogP contribution in [0.3, 0.4) is 0 Å². The Kier molecular flexibility index (Phi) is 4.26. The van der Waals surface area contributed by atoms with Crippen LogP contribution < -0.4 is 5.32 Å². The van der Waals surface area contributed by atoms with Crippen molar-refractivity contribution in [2.24, 2.45) is 0 Å². The molecule has 0 fully saturated rings. The molecular formula is C10H13F3N2O. The van der Waals surface area contributed by atoms with E-state index in [-0.39, 0.29) is 18.8 Å². The maximum atomic E-state index is 12.5. The Balaban J connectivity index is 2.72. The highest BCUT2D eigenvalue weighted by atomic mass is 19.4. The number of hydrogen-bond donors (Lipinski definition) is 2. The van der Waals surface area contributed by atoms with Crippen LogP contribution in [0.1, 0.15) is 18.2 Å². The third-order valence-electron chi connectivity index (χ3n) is 1.93. The van der Waals surface area contributed by atoms with Gasteiger partial charge in [0.05, 0.1) is 17.4 Å². The first-order valence-electron chi connectivity index (χ1n) is 4.81. The number of aliphatic hydroxyl groups is 1. The maximum absolute atomic E-state index is 12.5. The van der Waals surface area contributed by atoms with E-state index in [0.29, 0.717) is 0 Å². The lowest BCUT2D eigenvalue weighted by Gasteiger charge is -2.12. The molecule has 0 aliphatic heterocycles. The highest BCUT2D eigenvalue weighted by molar-refractivity contribution is 5.22. The minimum atomic E-state index is -4.39. The average Bonchev–Trinajstić information content (AvgIpc) is 2.16. The van der Waals surface area contributed by atoms with Gasteiger partial charge in [-0.05, 0) is 19.1 Å². The summed E-state index contributed by atoms with van der Waals surface area (Å²) in [7, 11) is 0. The van der Waals surface area contributed by atoms with Gasteiger partial charge in [0.2, 0.25) is 0 Å². The summed E-state index contributed by atoms with van der Waals surface area (Å²) in [5, 5.41) is 11.7. The van der Waals surface area contributed by atoms with Crippen molar-refractivity contribution in [2.45, 2.75) is 25.7 Å². The molecule has 0 saturated carbocycles. The third kappa shape index (κ3) is 3.79. The number of halogens is 3. The number of aromatic nitrogens is 1. The summed E-state index contributed by atoms with van der Waals surface area (Å²) in [5.74, 6) is 0. The first-order chi connectivity index (χ1) is 7.41. The summed E-state index contributed by atoms with van der Waals surface area (Å²) in [5.41, 5.74) is -0.802. The molecule has 0 aliphatic carbocycles. The second kappa shape index (κ2) is 5.27. The molecule has 1 heterocycles. The molecule has 0 amide bonds. The van der Waals surface area contributed by atoms with Gasteiger partial charge in [0.15, 0.2) is 0 Å². The Bertz CT molecular complexity index is 339. The fourth-order valence-corrected chi connectivity index (χ4v) is 1.24. The molecule has 6 heteroatoms. The highest BCUT2D eigenvalue weighted by Crippen LogP contribution is 2.30. The molecule has 3 nitrogen and oxygen atoms in total. The van der Waals surface area contributed by atoms with Crippen molar-refractivity contribution in [3.05, 3.63) is 29.6 Å². The largest absolute Gasteiger partial charge is 0.418 e.